The van der Waals surface area contributed by atoms with Crippen molar-refractivity contribution in [1.29, 1.82) is 0 Å². The van der Waals surface area contributed by atoms with Crippen molar-refractivity contribution in [2.24, 2.45) is 0 Å². The first-order valence-corrected chi connectivity index (χ1v) is 6.74. The summed E-state index contributed by atoms with van der Waals surface area (Å²) in [6, 6.07) is 0. The molecule has 0 unspecified atom stereocenters. The van der Waals surface area contributed by atoms with Gasteiger partial charge in [0.25, 0.3) is 0 Å². The smallest absolute Gasteiger partial charge is 0.119 e. The molecule has 0 bridgehead atoms. The number of rotatable bonds is 5. The van der Waals surface area contributed by atoms with Crippen LogP contribution in [0.2, 0.25) is 0 Å². The van der Waals surface area contributed by atoms with Crippen LogP contribution in [0.15, 0.2) is 74.0 Å². The van der Waals surface area contributed by atoms with Gasteiger partial charge in [-0.25, -0.2) is 0 Å². The molecule has 0 aliphatic carbocycles. The Balaban J connectivity index is -0.000000155. The highest BCUT2D eigenvalue weighted by Crippen LogP contribution is 2.00. The Morgan fingerprint density at radius 1 is 0.950 bits per heavy atom. The van der Waals surface area contributed by atoms with Gasteiger partial charge >= 0.3 is 0 Å². The fraction of sp³-hybridized carbons (Fsp3) is 0.333. The zero-order chi connectivity index (χ0) is 17.0. The van der Waals surface area contributed by atoms with Crippen LogP contribution in [0.3, 0.4) is 0 Å². The molecule has 0 aromatic carbocycles. The van der Waals surface area contributed by atoms with Crippen LogP contribution in [0.4, 0.5) is 0 Å². The summed E-state index contributed by atoms with van der Waals surface area (Å²) < 4.78 is 5.03. The third kappa shape index (κ3) is 44.4. The van der Waals surface area contributed by atoms with E-state index in [1.165, 1.54) is 18.4 Å². The van der Waals surface area contributed by atoms with Crippen LogP contribution in [0.25, 0.3) is 0 Å². The zero-order valence-electron chi connectivity index (χ0n) is 14.1. The summed E-state index contributed by atoms with van der Waals surface area (Å²) in [6.07, 6.45) is 7.87. The maximum atomic E-state index is 8.70. The third-order valence-corrected chi connectivity index (χ3v) is 1.03. The molecule has 0 aliphatic heterocycles. The van der Waals surface area contributed by atoms with Crippen molar-refractivity contribution in [1.82, 2.24) is 0 Å². The van der Waals surface area contributed by atoms with Gasteiger partial charge in [0.15, 0.2) is 0 Å². The Morgan fingerprint density at radius 2 is 1.35 bits per heavy atom. The SMILES string of the molecule is C=C(O)/C=C\C(=C)O/C=C/C(=C)C.C=CC.CC.CC. The molecule has 0 rings (SSSR count). The molecule has 20 heavy (non-hydrogen) atoms. The Kier molecular flexibility index (Phi) is 34.3. The van der Waals surface area contributed by atoms with Gasteiger partial charge in [0.2, 0.25) is 0 Å². The van der Waals surface area contributed by atoms with Crippen LogP contribution in [-0.2, 0) is 4.74 Å². The highest BCUT2D eigenvalue weighted by molar-refractivity contribution is 5.17. The average Bonchev–Trinajstić information content (AvgIpc) is 2.41. The quantitative estimate of drug-likeness (QED) is 0.355. The third-order valence-electron chi connectivity index (χ3n) is 1.03. The van der Waals surface area contributed by atoms with Crippen molar-refractivity contribution in [3.63, 3.8) is 0 Å². The molecular formula is C18H32O2. The van der Waals surface area contributed by atoms with Crippen molar-refractivity contribution in [3.05, 3.63) is 74.0 Å². The van der Waals surface area contributed by atoms with Crippen LogP contribution < -0.4 is 0 Å². The fourth-order valence-electron chi connectivity index (χ4n) is 0.466. The molecule has 2 nitrogen and oxygen atoms in total. The second-order valence-electron chi connectivity index (χ2n) is 2.97. The molecule has 0 saturated carbocycles. The molecule has 0 saturated heterocycles. The van der Waals surface area contributed by atoms with Gasteiger partial charge in [-0.2, -0.15) is 0 Å². The highest BCUT2D eigenvalue weighted by atomic mass is 16.5. The molecule has 0 amide bonds. The molecule has 2 heteroatoms. The monoisotopic (exact) mass is 280 g/mol. The van der Waals surface area contributed by atoms with E-state index >= 15 is 0 Å². The van der Waals surface area contributed by atoms with Crippen molar-refractivity contribution in [2.45, 2.75) is 41.5 Å². The minimum atomic E-state index is -0.0337. The van der Waals surface area contributed by atoms with Crippen LogP contribution in [-0.4, -0.2) is 5.11 Å². The molecule has 116 valence electrons. The standard InChI is InChI=1S/C11H14O2.C3H6.2C2H6/c1-9(2)7-8-13-11(4)6-5-10(3)12;1-3-2;2*1-2/h5-8,12H,1,3-4H2,2H3;3H,1H2,2H3;2*1-2H3/b6-5-,8-7+;;;. The second-order valence-corrected chi connectivity index (χ2v) is 2.97. The van der Waals surface area contributed by atoms with Crippen molar-refractivity contribution in [2.75, 3.05) is 0 Å². The Hall–Kier alpha value is -1.96. The Bertz CT molecular complexity index is 307. The van der Waals surface area contributed by atoms with Gasteiger partial charge in [0.1, 0.15) is 11.5 Å². The fourth-order valence-corrected chi connectivity index (χ4v) is 0.466. The van der Waals surface area contributed by atoms with Gasteiger partial charge in [0.05, 0.1) is 6.26 Å². The van der Waals surface area contributed by atoms with Gasteiger partial charge in [-0.05, 0) is 32.1 Å². The second kappa shape index (κ2) is 25.8. The predicted octanol–water partition coefficient (Wildman–Crippen LogP) is 6.48. The normalized spacial score (nSPS) is 8.10. The Morgan fingerprint density at radius 3 is 1.65 bits per heavy atom. The van der Waals surface area contributed by atoms with Crippen LogP contribution in [0.1, 0.15) is 41.5 Å². The molecule has 0 atom stereocenters. The average molecular weight is 280 g/mol. The molecule has 0 aliphatic rings. The lowest BCUT2D eigenvalue weighted by Crippen LogP contribution is -1.78. The molecule has 0 aromatic heterocycles. The first kappa shape index (κ1) is 26.6. The molecule has 0 spiro atoms. The summed E-state index contributed by atoms with van der Waals surface area (Å²) in [6.45, 7) is 25.6. The van der Waals surface area contributed by atoms with Gasteiger partial charge in [-0.15, -0.1) is 6.58 Å². The first-order chi connectivity index (χ1) is 9.43. The number of aliphatic hydroxyl groups excluding tert-OH is 1. The lowest BCUT2D eigenvalue weighted by molar-refractivity contribution is 0.369. The summed E-state index contributed by atoms with van der Waals surface area (Å²) in [4.78, 5) is 0. The van der Waals surface area contributed by atoms with E-state index in [1.54, 1.807) is 12.2 Å². The number of allylic oxidation sites excluding steroid dienone is 5. The zero-order valence-corrected chi connectivity index (χ0v) is 14.1. The largest absolute Gasteiger partial charge is 0.509 e. The van der Waals surface area contributed by atoms with E-state index in [-0.39, 0.29) is 5.76 Å². The number of ether oxygens (including phenoxy) is 1. The van der Waals surface area contributed by atoms with Crippen molar-refractivity contribution in [3.8, 4) is 0 Å². The van der Waals surface area contributed by atoms with Gasteiger partial charge in [-0.3, -0.25) is 0 Å². The number of hydrogen-bond acceptors (Lipinski definition) is 2. The summed E-state index contributed by atoms with van der Waals surface area (Å²) in [5.41, 5.74) is 0.892. The van der Waals surface area contributed by atoms with Gasteiger partial charge < -0.3 is 9.84 Å². The van der Waals surface area contributed by atoms with Crippen LogP contribution in [0.5, 0.6) is 0 Å². The van der Waals surface area contributed by atoms with E-state index in [0.29, 0.717) is 5.76 Å². The van der Waals surface area contributed by atoms with Gasteiger partial charge in [-0.1, -0.05) is 59.1 Å². The molecule has 0 aromatic rings. The van der Waals surface area contributed by atoms with E-state index in [0.717, 1.165) is 5.57 Å². The highest BCUT2D eigenvalue weighted by Gasteiger charge is 1.84. The first-order valence-electron chi connectivity index (χ1n) is 6.74. The lowest BCUT2D eigenvalue weighted by Gasteiger charge is -1.97. The molecule has 0 heterocycles. The predicted molar refractivity (Wildman–Crippen MR) is 93.7 cm³/mol. The Labute approximate surface area is 126 Å². The van der Waals surface area contributed by atoms with E-state index in [1.807, 2.05) is 41.5 Å². The van der Waals surface area contributed by atoms with Gasteiger partial charge in [0, 0.05) is 0 Å². The maximum Gasteiger partial charge on any atom is 0.119 e. The van der Waals surface area contributed by atoms with E-state index < -0.39 is 0 Å². The van der Waals surface area contributed by atoms with Crippen molar-refractivity contribution >= 4 is 0 Å². The summed E-state index contributed by atoms with van der Waals surface area (Å²) >= 11 is 0. The summed E-state index contributed by atoms with van der Waals surface area (Å²) in [7, 11) is 0. The minimum Gasteiger partial charge on any atom is -0.509 e. The topological polar surface area (TPSA) is 29.5 Å². The maximum absolute atomic E-state index is 8.70. The van der Waals surface area contributed by atoms with E-state index in [4.69, 9.17) is 9.84 Å². The summed E-state index contributed by atoms with van der Waals surface area (Å²) in [5, 5.41) is 8.70. The van der Waals surface area contributed by atoms with E-state index in [2.05, 4.69) is 26.3 Å². The molecular weight excluding hydrogens is 248 g/mol. The van der Waals surface area contributed by atoms with Crippen LogP contribution in [0, 0.1) is 0 Å². The molecule has 0 radical (unpaired) electrons. The van der Waals surface area contributed by atoms with E-state index in [9.17, 15) is 0 Å². The van der Waals surface area contributed by atoms with Crippen LogP contribution >= 0.6 is 0 Å². The molecule has 1 N–H and O–H groups in total. The summed E-state index contributed by atoms with van der Waals surface area (Å²) in [5.74, 6) is 0.390. The molecule has 0 fully saturated rings. The number of hydrogen-bond donors (Lipinski definition) is 1. The minimum absolute atomic E-state index is 0.0337. The van der Waals surface area contributed by atoms with Crippen molar-refractivity contribution < 1.29 is 9.84 Å². The number of aliphatic hydroxyl groups is 1. The lowest BCUT2D eigenvalue weighted by atomic mass is 10.3.